The van der Waals surface area contributed by atoms with E-state index in [9.17, 15) is 4.39 Å². The molecule has 0 aliphatic carbocycles. The van der Waals surface area contributed by atoms with E-state index < -0.39 is 6.67 Å². The number of aromatic nitrogens is 3. The van der Waals surface area contributed by atoms with Gasteiger partial charge in [-0.05, 0) is 12.5 Å². The van der Waals surface area contributed by atoms with Crippen molar-refractivity contribution in [3.05, 3.63) is 48.0 Å². The van der Waals surface area contributed by atoms with E-state index >= 15 is 0 Å². The minimum absolute atomic E-state index is 0.256. The molecule has 0 bridgehead atoms. The first-order chi connectivity index (χ1) is 12.8. The maximum absolute atomic E-state index is 12.8. The van der Waals surface area contributed by atoms with Gasteiger partial charge in [0.05, 0.1) is 26.3 Å². The minimum atomic E-state index is -0.432. The monoisotopic (exact) mass is 361 g/mol. The highest BCUT2D eigenvalue weighted by Crippen LogP contribution is 2.14. The molecular weight excluding hydrogens is 333 g/mol. The predicted molar refractivity (Wildman–Crippen MR) is 98.4 cm³/mol. The van der Waals surface area contributed by atoms with E-state index in [0.717, 1.165) is 45.2 Å². The summed E-state index contributed by atoms with van der Waals surface area (Å²) in [6.07, 6.45) is 1.51. The van der Waals surface area contributed by atoms with Crippen LogP contribution < -0.4 is 0 Å². The molecule has 2 aromatic rings. The van der Waals surface area contributed by atoms with Crippen LogP contribution in [0.4, 0.5) is 4.39 Å². The summed E-state index contributed by atoms with van der Waals surface area (Å²) in [5.74, 6) is 0.812. The summed E-state index contributed by atoms with van der Waals surface area (Å²) in [5, 5.41) is 4.15. The van der Waals surface area contributed by atoms with E-state index in [0.29, 0.717) is 12.6 Å². The smallest absolute Gasteiger partial charge is 0.141 e. The summed E-state index contributed by atoms with van der Waals surface area (Å²) in [4.78, 5) is 9.19. The van der Waals surface area contributed by atoms with Crippen molar-refractivity contribution >= 4 is 0 Å². The Morgan fingerprint density at radius 3 is 2.69 bits per heavy atom. The fraction of sp³-hybridized carbons (Fsp3) is 0.579. The Labute approximate surface area is 154 Å². The molecule has 0 N–H and O–H groups in total. The quantitative estimate of drug-likeness (QED) is 0.683. The van der Waals surface area contributed by atoms with Crippen LogP contribution >= 0.6 is 0 Å². The summed E-state index contributed by atoms with van der Waals surface area (Å²) < 4.78 is 19.9. The van der Waals surface area contributed by atoms with Crippen LogP contribution in [-0.4, -0.2) is 70.1 Å². The Bertz CT molecular complexity index is 644. The lowest BCUT2D eigenvalue weighted by Gasteiger charge is -2.35. The zero-order valence-electron chi connectivity index (χ0n) is 15.4. The lowest BCUT2D eigenvalue weighted by Crippen LogP contribution is -2.46. The van der Waals surface area contributed by atoms with Crippen molar-refractivity contribution in [2.45, 2.75) is 32.6 Å². The lowest BCUT2D eigenvalue weighted by atomic mass is 10.1. The fourth-order valence-corrected chi connectivity index (χ4v) is 3.32. The second kappa shape index (κ2) is 9.75. The summed E-state index contributed by atoms with van der Waals surface area (Å²) >= 11 is 0. The number of hydrogen-bond acceptors (Lipinski definition) is 5. The molecule has 1 aliphatic heterocycles. The van der Waals surface area contributed by atoms with Gasteiger partial charge in [0.25, 0.3) is 0 Å². The first-order valence-electron chi connectivity index (χ1n) is 9.27. The van der Waals surface area contributed by atoms with Crippen LogP contribution in [0.25, 0.3) is 0 Å². The van der Waals surface area contributed by atoms with Gasteiger partial charge in [0.1, 0.15) is 18.8 Å². The van der Waals surface area contributed by atoms with Gasteiger partial charge in [-0.3, -0.25) is 9.80 Å². The zero-order chi connectivity index (χ0) is 18.2. The maximum Gasteiger partial charge on any atom is 0.141 e. The van der Waals surface area contributed by atoms with E-state index in [1.54, 1.807) is 4.68 Å². The highest BCUT2D eigenvalue weighted by atomic mass is 19.1. The van der Waals surface area contributed by atoms with Crippen molar-refractivity contribution in [2.24, 2.45) is 0 Å². The topological polar surface area (TPSA) is 46.4 Å². The Morgan fingerprint density at radius 2 is 1.96 bits per heavy atom. The highest BCUT2D eigenvalue weighted by Gasteiger charge is 2.21. The number of ether oxygens (including phenoxy) is 1. The molecule has 1 aliphatic rings. The number of aryl methyl sites for hydroxylation is 1. The molecule has 0 spiro atoms. The molecule has 1 aromatic carbocycles. The molecule has 0 amide bonds. The molecule has 2 heterocycles. The lowest BCUT2D eigenvalue weighted by molar-refractivity contribution is 0.0221. The number of halogens is 1. The molecule has 1 unspecified atom stereocenters. The summed E-state index contributed by atoms with van der Waals surface area (Å²) in [6.45, 7) is 8.08. The van der Waals surface area contributed by atoms with Crippen molar-refractivity contribution < 1.29 is 9.13 Å². The van der Waals surface area contributed by atoms with Crippen LogP contribution in [0.15, 0.2) is 36.7 Å². The van der Waals surface area contributed by atoms with Crippen molar-refractivity contribution in [3.8, 4) is 0 Å². The second-order valence-electron chi connectivity index (χ2n) is 6.74. The van der Waals surface area contributed by atoms with Gasteiger partial charge in [0.2, 0.25) is 0 Å². The van der Waals surface area contributed by atoms with Gasteiger partial charge in [0.15, 0.2) is 0 Å². The summed E-state index contributed by atoms with van der Waals surface area (Å²) in [7, 11) is 0. The first-order valence-corrected chi connectivity index (χ1v) is 9.27. The van der Waals surface area contributed by atoms with E-state index in [1.807, 2.05) is 6.07 Å². The van der Waals surface area contributed by atoms with Gasteiger partial charge >= 0.3 is 0 Å². The third kappa shape index (κ3) is 5.33. The molecule has 1 aromatic heterocycles. The third-order valence-electron chi connectivity index (χ3n) is 4.81. The van der Waals surface area contributed by atoms with Crippen LogP contribution in [0.2, 0.25) is 0 Å². The average molecular weight is 361 g/mol. The molecular formula is C19H28FN5O. The molecule has 1 saturated heterocycles. The maximum atomic E-state index is 12.8. The number of rotatable bonds is 9. The summed E-state index contributed by atoms with van der Waals surface area (Å²) in [6, 6.07) is 10.8. The largest absolute Gasteiger partial charge is 0.379 e. The van der Waals surface area contributed by atoms with E-state index in [2.05, 4.69) is 51.1 Å². The number of morpholine rings is 1. The van der Waals surface area contributed by atoms with E-state index in [-0.39, 0.29) is 6.54 Å². The molecule has 1 atom stereocenters. The van der Waals surface area contributed by atoms with Gasteiger partial charge in [-0.1, -0.05) is 30.3 Å². The molecule has 1 fully saturated rings. The van der Waals surface area contributed by atoms with Gasteiger partial charge < -0.3 is 4.74 Å². The molecule has 26 heavy (non-hydrogen) atoms. The molecule has 6 nitrogen and oxygen atoms in total. The fourth-order valence-electron chi connectivity index (χ4n) is 3.32. The Hall–Kier alpha value is -1.83. The van der Waals surface area contributed by atoms with Crippen molar-refractivity contribution in [3.63, 3.8) is 0 Å². The normalized spacial score (nSPS) is 16.9. The number of benzene rings is 1. The van der Waals surface area contributed by atoms with E-state index in [1.165, 1.54) is 11.9 Å². The SMILES string of the molecule is CC(CN1CCOCC1)N(Cc1ccccc1)Cc1ncnn1CCF. The molecule has 7 heteroatoms. The zero-order valence-corrected chi connectivity index (χ0v) is 15.4. The molecule has 142 valence electrons. The molecule has 3 rings (SSSR count). The average Bonchev–Trinajstić information content (AvgIpc) is 3.10. The van der Waals surface area contributed by atoms with Gasteiger partial charge in [-0.15, -0.1) is 0 Å². The summed E-state index contributed by atoms with van der Waals surface area (Å²) in [5.41, 5.74) is 1.26. The van der Waals surface area contributed by atoms with Crippen LogP contribution in [-0.2, 0) is 24.4 Å². The van der Waals surface area contributed by atoms with Crippen LogP contribution in [0.5, 0.6) is 0 Å². The third-order valence-corrected chi connectivity index (χ3v) is 4.81. The van der Waals surface area contributed by atoms with Gasteiger partial charge in [-0.2, -0.15) is 5.10 Å². The van der Waals surface area contributed by atoms with E-state index in [4.69, 9.17) is 4.74 Å². The van der Waals surface area contributed by atoms with Crippen LogP contribution in [0.1, 0.15) is 18.3 Å². The molecule has 0 radical (unpaired) electrons. The Balaban J connectivity index is 1.70. The number of hydrogen-bond donors (Lipinski definition) is 0. The van der Waals surface area contributed by atoms with Crippen molar-refractivity contribution in [2.75, 3.05) is 39.5 Å². The van der Waals surface area contributed by atoms with Crippen LogP contribution in [0.3, 0.4) is 0 Å². The number of alkyl halides is 1. The minimum Gasteiger partial charge on any atom is -0.379 e. The van der Waals surface area contributed by atoms with Crippen LogP contribution in [0, 0.1) is 0 Å². The first kappa shape index (κ1) is 18.9. The number of nitrogens with zero attached hydrogens (tertiary/aromatic N) is 5. The van der Waals surface area contributed by atoms with Gasteiger partial charge in [-0.25, -0.2) is 14.1 Å². The Morgan fingerprint density at radius 1 is 1.19 bits per heavy atom. The molecule has 0 saturated carbocycles. The Kier molecular flexibility index (Phi) is 7.11. The van der Waals surface area contributed by atoms with Crippen molar-refractivity contribution in [1.29, 1.82) is 0 Å². The predicted octanol–water partition coefficient (Wildman–Crippen LogP) is 1.97. The second-order valence-corrected chi connectivity index (χ2v) is 6.74. The highest BCUT2D eigenvalue weighted by molar-refractivity contribution is 5.14. The van der Waals surface area contributed by atoms with Gasteiger partial charge in [0, 0.05) is 32.2 Å². The van der Waals surface area contributed by atoms with Crippen molar-refractivity contribution in [1.82, 2.24) is 24.6 Å². The standard InChI is InChI=1S/C19H28FN5O/c1-17(13-23-9-11-26-12-10-23)24(14-18-5-3-2-4-6-18)15-19-21-16-22-25(19)8-7-20/h2-6,16-17H,7-15H2,1H3.